The Balaban J connectivity index is 1.50. The van der Waals surface area contributed by atoms with Crippen LogP contribution in [0.4, 0.5) is 0 Å². The zero-order chi connectivity index (χ0) is 18.4. The van der Waals surface area contributed by atoms with Crippen LogP contribution in [-0.4, -0.2) is 41.1 Å². The van der Waals surface area contributed by atoms with Crippen molar-refractivity contribution < 1.29 is 9.90 Å². The molecule has 3 rings (SSSR count). The van der Waals surface area contributed by atoms with E-state index in [0.717, 1.165) is 48.6 Å². The van der Waals surface area contributed by atoms with Gasteiger partial charge in [-0.15, -0.1) is 0 Å². The summed E-state index contributed by atoms with van der Waals surface area (Å²) in [6.07, 6.45) is 2.40. The first kappa shape index (κ1) is 18.9. The van der Waals surface area contributed by atoms with Crippen molar-refractivity contribution in [2.24, 2.45) is 0 Å². The van der Waals surface area contributed by atoms with Crippen LogP contribution >= 0.6 is 11.6 Å². The van der Waals surface area contributed by atoms with Crippen LogP contribution in [0.15, 0.2) is 54.6 Å². The summed E-state index contributed by atoms with van der Waals surface area (Å²) in [7, 11) is 0. The van der Waals surface area contributed by atoms with Gasteiger partial charge in [0.25, 0.3) is 0 Å². The van der Waals surface area contributed by atoms with E-state index in [2.05, 4.69) is 16.3 Å². The van der Waals surface area contributed by atoms with Crippen molar-refractivity contribution in [2.45, 2.75) is 37.9 Å². The van der Waals surface area contributed by atoms with E-state index in [1.165, 1.54) is 0 Å². The minimum Gasteiger partial charge on any atom is -0.480 e. The van der Waals surface area contributed by atoms with E-state index in [9.17, 15) is 9.90 Å². The predicted octanol–water partition coefficient (Wildman–Crippen LogP) is 3.59. The molecule has 2 aromatic rings. The fraction of sp³-hybridized carbons (Fsp3) is 0.381. The van der Waals surface area contributed by atoms with Gasteiger partial charge in [0.15, 0.2) is 0 Å². The summed E-state index contributed by atoms with van der Waals surface area (Å²) in [5.41, 5.74) is 2.19. The Hall–Kier alpha value is -1.88. The van der Waals surface area contributed by atoms with Crippen molar-refractivity contribution in [3.05, 3.63) is 70.7 Å². The summed E-state index contributed by atoms with van der Waals surface area (Å²) in [5, 5.41) is 13.7. The van der Waals surface area contributed by atoms with Gasteiger partial charge in [-0.25, -0.2) is 0 Å². The zero-order valence-corrected chi connectivity index (χ0v) is 15.5. The van der Waals surface area contributed by atoms with E-state index in [4.69, 9.17) is 11.6 Å². The normalized spacial score (nSPS) is 17.1. The van der Waals surface area contributed by atoms with Crippen LogP contribution in [0.25, 0.3) is 0 Å². The zero-order valence-electron chi connectivity index (χ0n) is 14.8. The van der Waals surface area contributed by atoms with Crippen molar-refractivity contribution >= 4 is 17.6 Å². The molecule has 0 amide bonds. The quantitative estimate of drug-likeness (QED) is 0.779. The molecule has 1 heterocycles. The molecule has 1 saturated heterocycles. The summed E-state index contributed by atoms with van der Waals surface area (Å²) in [6, 6.07) is 17.4. The molecule has 0 spiro atoms. The number of halogens is 1. The van der Waals surface area contributed by atoms with E-state index >= 15 is 0 Å². The van der Waals surface area contributed by atoms with Crippen molar-refractivity contribution in [2.75, 3.05) is 13.1 Å². The van der Waals surface area contributed by atoms with Gasteiger partial charge in [-0.05, 0) is 49.5 Å². The molecule has 1 aliphatic heterocycles. The van der Waals surface area contributed by atoms with Gasteiger partial charge >= 0.3 is 5.97 Å². The molecule has 0 radical (unpaired) electrons. The maximum atomic E-state index is 11.6. The Morgan fingerprint density at radius 2 is 1.77 bits per heavy atom. The summed E-state index contributed by atoms with van der Waals surface area (Å²) in [4.78, 5) is 14.0. The molecule has 1 aliphatic rings. The lowest BCUT2D eigenvalue weighted by atomic mass is 10.0. The Morgan fingerprint density at radius 3 is 2.42 bits per heavy atom. The topological polar surface area (TPSA) is 52.6 Å². The number of likely N-dealkylation sites (tertiary alicyclic amines) is 1. The monoisotopic (exact) mass is 372 g/mol. The third-order valence-electron chi connectivity index (χ3n) is 4.96. The first-order chi connectivity index (χ1) is 12.6. The number of hydrogen-bond acceptors (Lipinski definition) is 3. The molecule has 2 N–H and O–H groups in total. The van der Waals surface area contributed by atoms with Gasteiger partial charge in [-0.3, -0.25) is 9.69 Å². The second kappa shape index (κ2) is 9.17. The highest BCUT2D eigenvalue weighted by atomic mass is 35.5. The highest BCUT2D eigenvalue weighted by molar-refractivity contribution is 6.31. The summed E-state index contributed by atoms with van der Waals surface area (Å²) >= 11 is 6.25. The van der Waals surface area contributed by atoms with Crippen LogP contribution in [0.2, 0.25) is 5.02 Å². The van der Waals surface area contributed by atoms with Crippen molar-refractivity contribution in [3.8, 4) is 0 Å². The van der Waals surface area contributed by atoms with E-state index in [-0.39, 0.29) is 6.04 Å². The molecular formula is C21H25ClN2O2. The largest absolute Gasteiger partial charge is 0.480 e. The molecule has 26 heavy (non-hydrogen) atoms. The Bertz CT molecular complexity index is 715. The fourth-order valence-corrected chi connectivity index (χ4v) is 3.67. The van der Waals surface area contributed by atoms with Gasteiger partial charge in [-0.2, -0.15) is 0 Å². The molecular weight excluding hydrogens is 348 g/mol. The summed E-state index contributed by atoms with van der Waals surface area (Å²) in [6.45, 7) is 2.74. The lowest BCUT2D eigenvalue weighted by Crippen LogP contribution is -2.49. The van der Waals surface area contributed by atoms with Crippen LogP contribution < -0.4 is 5.32 Å². The van der Waals surface area contributed by atoms with Crippen LogP contribution in [0.5, 0.6) is 0 Å². The Kier molecular flexibility index (Phi) is 6.67. The second-order valence-corrected chi connectivity index (χ2v) is 7.30. The highest BCUT2D eigenvalue weighted by Gasteiger charge is 2.25. The smallest absolute Gasteiger partial charge is 0.321 e. The van der Waals surface area contributed by atoms with Crippen LogP contribution in [0.1, 0.15) is 24.0 Å². The lowest BCUT2D eigenvalue weighted by Gasteiger charge is -2.34. The molecule has 0 aliphatic carbocycles. The molecule has 138 valence electrons. The number of piperidine rings is 1. The summed E-state index contributed by atoms with van der Waals surface area (Å²) < 4.78 is 0. The van der Waals surface area contributed by atoms with Crippen molar-refractivity contribution in [1.29, 1.82) is 0 Å². The van der Waals surface area contributed by atoms with Gasteiger partial charge < -0.3 is 10.4 Å². The number of benzene rings is 2. The van der Waals surface area contributed by atoms with Crippen LogP contribution in [0, 0.1) is 0 Å². The van der Waals surface area contributed by atoms with Crippen molar-refractivity contribution in [3.63, 3.8) is 0 Å². The van der Waals surface area contributed by atoms with Gasteiger partial charge in [0.1, 0.15) is 6.04 Å². The molecule has 0 bridgehead atoms. The van der Waals surface area contributed by atoms with Gasteiger partial charge in [0.2, 0.25) is 0 Å². The number of hydrogen-bond donors (Lipinski definition) is 2. The number of rotatable bonds is 7. The molecule has 1 atom stereocenters. The molecule has 0 aromatic heterocycles. The SMILES string of the molecule is O=C(O)[C@H](Cc1ccccc1)NC1CCN(Cc2ccccc2Cl)CC1. The number of carboxylic acids is 1. The van der Waals surface area contributed by atoms with E-state index < -0.39 is 12.0 Å². The van der Waals surface area contributed by atoms with Gasteiger partial charge in [0, 0.05) is 17.6 Å². The third-order valence-corrected chi connectivity index (χ3v) is 5.33. The molecule has 5 heteroatoms. The average molecular weight is 373 g/mol. The Morgan fingerprint density at radius 1 is 1.12 bits per heavy atom. The van der Waals surface area contributed by atoms with Crippen LogP contribution in [-0.2, 0) is 17.8 Å². The number of aliphatic carboxylic acids is 1. The third kappa shape index (κ3) is 5.31. The second-order valence-electron chi connectivity index (χ2n) is 6.89. The van der Waals surface area contributed by atoms with E-state index in [1.54, 1.807) is 0 Å². The number of nitrogens with one attached hydrogen (secondary N) is 1. The molecule has 0 saturated carbocycles. The number of carbonyl (C=O) groups is 1. The maximum absolute atomic E-state index is 11.6. The number of nitrogens with zero attached hydrogens (tertiary/aromatic N) is 1. The van der Waals surface area contributed by atoms with Gasteiger partial charge in [-0.1, -0.05) is 60.1 Å². The minimum absolute atomic E-state index is 0.238. The van der Waals surface area contributed by atoms with Gasteiger partial charge in [0.05, 0.1) is 0 Å². The van der Waals surface area contributed by atoms with E-state index in [1.807, 2.05) is 48.5 Å². The molecule has 2 aromatic carbocycles. The fourth-order valence-electron chi connectivity index (χ4n) is 3.48. The number of carboxylic acid groups (broad SMARTS) is 1. The average Bonchev–Trinajstić information content (AvgIpc) is 2.65. The first-order valence-electron chi connectivity index (χ1n) is 9.10. The lowest BCUT2D eigenvalue weighted by molar-refractivity contribution is -0.139. The molecule has 0 unspecified atom stereocenters. The van der Waals surface area contributed by atoms with Crippen molar-refractivity contribution in [1.82, 2.24) is 10.2 Å². The van der Waals surface area contributed by atoms with Crippen LogP contribution in [0.3, 0.4) is 0 Å². The maximum Gasteiger partial charge on any atom is 0.321 e. The minimum atomic E-state index is -0.785. The summed E-state index contributed by atoms with van der Waals surface area (Å²) in [5.74, 6) is -0.785. The first-order valence-corrected chi connectivity index (χ1v) is 9.48. The molecule has 4 nitrogen and oxygen atoms in total. The standard InChI is InChI=1S/C21H25ClN2O2/c22-19-9-5-4-8-17(19)15-24-12-10-18(11-13-24)23-20(21(25)26)14-16-6-2-1-3-7-16/h1-9,18,20,23H,10-15H2,(H,25,26)/t20-/m0/s1. The highest BCUT2D eigenvalue weighted by Crippen LogP contribution is 2.20. The predicted molar refractivity (Wildman–Crippen MR) is 104 cm³/mol. The Labute approximate surface area is 159 Å². The van der Waals surface area contributed by atoms with E-state index in [0.29, 0.717) is 6.42 Å². The molecule has 1 fully saturated rings.